The van der Waals surface area contributed by atoms with E-state index in [-0.39, 0.29) is 11.8 Å². The number of rotatable bonds is 11. The van der Waals surface area contributed by atoms with E-state index < -0.39 is 6.04 Å². The van der Waals surface area contributed by atoms with Crippen molar-refractivity contribution in [2.24, 2.45) is 0 Å². The number of nitrogens with one attached hydrogen (secondary N) is 1. The van der Waals surface area contributed by atoms with Crippen molar-refractivity contribution in [1.82, 2.24) is 10.2 Å². The lowest BCUT2D eigenvalue weighted by Gasteiger charge is -2.29. The van der Waals surface area contributed by atoms with E-state index in [2.05, 4.69) is 24.4 Å². The van der Waals surface area contributed by atoms with Crippen molar-refractivity contribution in [3.05, 3.63) is 71.3 Å². The summed E-state index contributed by atoms with van der Waals surface area (Å²) in [6.45, 7) is 7.03. The van der Waals surface area contributed by atoms with Gasteiger partial charge in [-0.3, -0.25) is 9.59 Å². The number of thioether (sulfide) groups is 1. The fourth-order valence-corrected chi connectivity index (χ4v) is 3.79. The van der Waals surface area contributed by atoms with Crippen LogP contribution >= 0.6 is 11.8 Å². The summed E-state index contributed by atoms with van der Waals surface area (Å²) < 4.78 is 0. The summed E-state index contributed by atoms with van der Waals surface area (Å²) in [5.41, 5.74) is 3.40. The van der Waals surface area contributed by atoms with Crippen molar-refractivity contribution in [2.45, 2.75) is 52.0 Å². The Morgan fingerprint density at radius 1 is 1.03 bits per heavy atom. The second-order valence-electron chi connectivity index (χ2n) is 7.31. The van der Waals surface area contributed by atoms with E-state index in [4.69, 9.17) is 0 Å². The molecular formula is C24H32N2O2S. The van der Waals surface area contributed by atoms with Gasteiger partial charge in [-0.1, -0.05) is 73.5 Å². The number of benzene rings is 2. The number of hydrogen-bond donors (Lipinski definition) is 1. The number of carbonyl (C=O) groups excluding carboxylic acids is 2. The van der Waals surface area contributed by atoms with E-state index in [0.717, 1.165) is 24.2 Å². The van der Waals surface area contributed by atoms with Crippen LogP contribution in [0.4, 0.5) is 0 Å². The molecule has 29 heavy (non-hydrogen) atoms. The van der Waals surface area contributed by atoms with Gasteiger partial charge in [-0.05, 0) is 31.4 Å². The summed E-state index contributed by atoms with van der Waals surface area (Å²) in [5.74, 6) is 1.03. The first-order valence-corrected chi connectivity index (χ1v) is 11.4. The summed E-state index contributed by atoms with van der Waals surface area (Å²) in [4.78, 5) is 27.3. The highest BCUT2D eigenvalue weighted by molar-refractivity contribution is 7.99. The van der Waals surface area contributed by atoms with Crippen LogP contribution < -0.4 is 5.32 Å². The molecule has 1 N–H and O–H groups in total. The predicted molar refractivity (Wildman–Crippen MR) is 122 cm³/mol. The highest BCUT2D eigenvalue weighted by Gasteiger charge is 2.25. The van der Waals surface area contributed by atoms with Gasteiger partial charge in [0.1, 0.15) is 6.04 Å². The smallest absolute Gasteiger partial charge is 0.242 e. The molecule has 2 amide bonds. The second kappa shape index (κ2) is 12.3. The Labute approximate surface area is 179 Å². The van der Waals surface area contributed by atoms with Crippen molar-refractivity contribution < 1.29 is 9.59 Å². The summed E-state index contributed by atoms with van der Waals surface area (Å²) in [5, 5.41) is 2.96. The SMILES string of the molecule is CCCCNC(=O)[C@@H](C)N(Cc1ccc(C)cc1)C(=O)CSCc1ccccc1. The maximum atomic E-state index is 13.0. The molecule has 156 valence electrons. The van der Waals surface area contributed by atoms with Gasteiger partial charge >= 0.3 is 0 Å². The Morgan fingerprint density at radius 2 is 1.72 bits per heavy atom. The van der Waals surface area contributed by atoms with E-state index in [1.54, 1.807) is 16.7 Å². The molecule has 0 unspecified atom stereocenters. The van der Waals surface area contributed by atoms with Crippen LogP contribution in [0.5, 0.6) is 0 Å². The molecule has 2 aromatic carbocycles. The van der Waals surface area contributed by atoms with Crippen molar-refractivity contribution in [3.63, 3.8) is 0 Å². The van der Waals surface area contributed by atoms with Crippen LogP contribution in [0, 0.1) is 6.92 Å². The van der Waals surface area contributed by atoms with Crippen molar-refractivity contribution in [2.75, 3.05) is 12.3 Å². The molecule has 0 aromatic heterocycles. The molecule has 2 rings (SSSR count). The lowest BCUT2D eigenvalue weighted by molar-refractivity contribution is -0.138. The summed E-state index contributed by atoms with van der Waals surface area (Å²) in [6.07, 6.45) is 1.97. The summed E-state index contributed by atoms with van der Waals surface area (Å²) >= 11 is 1.58. The molecular weight excluding hydrogens is 380 g/mol. The van der Waals surface area contributed by atoms with E-state index in [9.17, 15) is 9.59 Å². The van der Waals surface area contributed by atoms with Gasteiger partial charge in [0.05, 0.1) is 5.75 Å². The fourth-order valence-electron chi connectivity index (χ4n) is 2.92. The Hall–Kier alpha value is -2.27. The van der Waals surface area contributed by atoms with Crippen molar-refractivity contribution in [3.8, 4) is 0 Å². The lowest BCUT2D eigenvalue weighted by atomic mass is 10.1. The average molecular weight is 413 g/mol. The van der Waals surface area contributed by atoms with Crippen LogP contribution in [0.15, 0.2) is 54.6 Å². The second-order valence-corrected chi connectivity index (χ2v) is 8.29. The van der Waals surface area contributed by atoms with Gasteiger partial charge in [0.25, 0.3) is 0 Å². The molecule has 4 nitrogen and oxygen atoms in total. The van der Waals surface area contributed by atoms with Gasteiger partial charge in [-0.15, -0.1) is 11.8 Å². The molecule has 2 aromatic rings. The number of hydrogen-bond acceptors (Lipinski definition) is 3. The summed E-state index contributed by atoms with van der Waals surface area (Å²) in [7, 11) is 0. The normalized spacial score (nSPS) is 11.7. The maximum Gasteiger partial charge on any atom is 0.242 e. The van der Waals surface area contributed by atoms with Gasteiger partial charge in [0.15, 0.2) is 0 Å². The first kappa shape index (κ1) is 23.0. The van der Waals surface area contributed by atoms with Gasteiger partial charge in [0.2, 0.25) is 11.8 Å². The molecule has 0 heterocycles. The molecule has 0 radical (unpaired) electrons. The minimum atomic E-state index is -0.502. The van der Waals surface area contributed by atoms with E-state index in [1.165, 1.54) is 11.1 Å². The van der Waals surface area contributed by atoms with Crippen molar-refractivity contribution >= 4 is 23.6 Å². The van der Waals surface area contributed by atoms with Crippen LogP contribution in [-0.2, 0) is 21.9 Å². The third-order valence-corrected chi connectivity index (χ3v) is 5.80. The summed E-state index contributed by atoms with van der Waals surface area (Å²) in [6, 6.07) is 17.7. The molecule has 0 bridgehead atoms. The molecule has 0 aliphatic carbocycles. The number of nitrogens with zero attached hydrogens (tertiary/aromatic N) is 1. The highest BCUT2D eigenvalue weighted by Crippen LogP contribution is 2.16. The van der Waals surface area contributed by atoms with Crippen LogP contribution in [-0.4, -0.2) is 35.1 Å². The Morgan fingerprint density at radius 3 is 2.38 bits per heavy atom. The minimum absolute atomic E-state index is 0.00959. The van der Waals surface area contributed by atoms with Crippen molar-refractivity contribution in [1.29, 1.82) is 0 Å². The molecule has 0 fully saturated rings. The van der Waals surface area contributed by atoms with Gasteiger partial charge in [-0.25, -0.2) is 0 Å². The quantitative estimate of drug-likeness (QED) is 0.550. The highest BCUT2D eigenvalue weighted by atomic mass is 32.2. The fraction of sp³-hybridized carbons (Fsp3) is 0.417. The van der Waals surface area contributed by atoms with Crippen LogP contribution in [0.3, 0.4) is 0 Å². The molecule has 0 saturated carbocycles. The Balaban J connectivity index is 2.02. The maximum absolute atomic E-state index is 13.0. The monoisotopic (exact) mass is 412 g/mol. The molecule has 1 atom stereocenters. The number of amides is 2. The zero-order valence-corrected chi connectivity index (χ0v) is 18.5. The van der Waals surface area contributed by atoms with Gasteiger partial charge < -0.3 is 10.2 Å². The molecule has 0 aliphatic heterocycles. The van der Waals surface area contributed by atoms with Crippen LogP contribution in [0.2, 0.25) is 0 Å². The molecule has 0 spiro atoms. The molecule has 0 aliphatic rings. The van der Waals surface area contributed by atoms with E-state index in [1.807, 2.05) is 56.3 Å². The number of aryl methyl sites for hydroxylation is 1. The average Bonchev–Trinajstić information content (AvgIpc) is 2.73. The number of carbonyl (C=O) groups is 2. The van der Waals surface area contributed by atoms with Crippen LogP contribution in [0.1, 0.15) is 43.4 Å². The van der Waals surface area contributed by atoms with E-state index in [0.29, 0.717) is 18.8 Å². The third kappa shape index (κ3) is 7.94. The standard InChI is InChI=1S/C24H32N2O2S/c1-4-5-15-25-24(28)20(3)26(16-21-13-11-19(2)12-14-21)23(27)18-29-17-22-9-7-6-8-10-22/h6-14,20H,4-5,15-18H2,1-3H3,(H,25,28)/t20-/m1/s1. The Bertz CT molecular complexity index is 762. The topological polar surface area (TPSA) is 49.4 Å². The largest absolute Gasteiger partial charge is 0.354 e. The zero-order chi connectivity index (χ0) is 21.1. The minimum Gasteiger partial charge on any atom is -0.354 e. The third-order valence-electron chi connectivity index (χ3n) is 4.81. The molecule has 0 saturated heterocycles. The molecule has 5 heteroatoms. The van der Waals surface area contributed by atoms with Gasteiger partial charge in [0, 0.05) is 18.8 Å². The first-order chi connectivity index (χ1) is 14.0. The zero-order valence-electron chi connectivity index (χ0n) is 17.7. The van der Waals surface area contributed by atoms with Gasteiger partial charge in [-0.2, -0.15) is 0 Å². The van der Waals surface area contributed by atoms with Crippen LogP contribution in [0.25, 0.3) is 0 Å². The lowest BCUT2D eigenvalue weighted by Crippen LogP contribution is -2.48. The Kier molecular flexibility index (Phi) is 9.78. The van der Waals surface area contributed by atoms with E-state index >= 15 is 0 Å². The number of unbranched alkanes of at least 4 members (excludes halogenated alkanes) is 1. The first-order valence-electron chi connectivity index (χ1n) is 10.3. The predicted octanol–water partition coefficient (Wildman–Crippen LogP) is 4.56.